The number of rotatable bonds is 4. The van der Waals surface area contributed by atoms with Crippen LogP contribution in [0.1, 0.15) is 34.1 Å². The number of allylic oxidation sites excluding steroid dienone is 1. The van der Waals surface area contributed by atoms with Crippen LogP contribution >= 0.6 is 0 Å². The lowest BCUT2D eigenvalue weighted by molar-refractivity contribution is -0.139. The topological polar surface area (TPSA) is 75.6 Å². The van der Waals surface area contributed by atoms with Gasteiger partial charge in [-0.1, -0.05) is 12.2 Å². The Labute approximate surface area is 95.5 Å². The number of hydrogen-bond donors (Lipinski definition) is 2. The Morgan fingerprint density at radius 1 is 1.44 bits per heavy atom. The molecule has 0 aliphatic heterocycles. The molecule has 0 aliphatic carbocycles. The third kappa shape index (κ3) is 6.86. The number of carboxylic acid groups (broad SMARTS) is 1. The van der Waals surface area contributed by atoms with Gasteiger partial charge in [0.2, 0.25) is 0 Å². The van der Waals surface area contributed by atoms with E-state index in [2.05, 4.69) is 5.32 Å². The van der Waals surface area contributed by atoms with Crippen LogP contribution in [0.5, 0.6) is 0 Å². The quantitative estimate of drug-likeness (QED) is 0.722. The summed E-state index contributed by atoms with van der Waals surface area (Å²) < 4.78 is 4.96. The number of ether oxygens (including phenoxy) is 1. The lowest BCUT2D eigenvalue weighted by atomic mass is 10.2. The van der Waals surface area contributed by atoms with Gasteiger partial charge in [0.1, 0.15) is 11.6 Å². The van der Waals surface area contributed by atoms with E-state index in [-0.39, 0.29) is 6.42 Å². The molecule has 5 nitrogen and oxygen atoms in total. The molecule has 1 amide bonds. The van der Waals surface area contributed by atoms with Crippen LogP contribution in [0.2, 0.25) is 0 Å². The zero-order chi connectivity index (χ0) is 12.8. The lowest BCUT2D eigenvalue weighted by Gasteiger charge is -2.21. The first-order valence-electron chi connectivity index (χ1n) is 5.09. The van der Waals surface area contributed by atoms with Crippen molar-refractivity contribution in [3.63, 3.8) is 0 Å². The molecule has 0 fully saturated rings. The summed E-state index contributed by atoms with van der Waals surface area (Å²) in [6.07, 6.45) is 2.93. The molecule has 1 atom stereocenters. The van der Waals surface area contributed by atoms with Crippen molar-refractivity contribution in [1.29, 1.82) is 0 Å². The second-order valence-corrected chi connectivity index (χ2v) is 4.34. The van der Waals surface area contributed by atoms with Crippen LogP contribution < -0.4 is 5.32 Å². The van der Waals surface area contributed by atoms with Gasteiger partial charge in [0.15, 0.2) is 0 Å². The minimum Gasteiger partial charge on any atom is -0.480 e. The Balaban J connectivity index is 4.29. The molecule has 0 rings (SSSR count). The van der Waals surface area contributed by atoms with Crippen molar-refractivity contribution in [2.24, 2.45) is 0 Å². The summed E-state index contributed by atoms with van der Waals surface area (Å²) in [4.78, 5) is 22.1. The molecule has 0 bridgehead atoms. The van der Waals surface area contributed by atoms with Crippen LogP contribution in [0, 0.1) is 0 Å². The van der Waals surface area contributed by atoms with E-state index in [1.54, 1.807) is 39.8 Å². The van der Waals surface area contributed by atoms with Gasteiger partial charge < -0.3 is 15.2 Å². The predicted octanol–water partition coefficient (Wildman–Crippen LogP) is 1.93. The Hall–Kier alpha value is -1.52. The summed E-state index contributed by atoms with van der Waals surface area (Å²) in [5.41, 5.74) is -0.631. The van der Waals surface area contributed by atoms with E-state index in [0.29, 0.717) is 0 Å². The van der Waals surface area contributed by atoms with Crippen molar-refractivity contribution < 1.29 is 19.4 Å². The standard InChI is InChI=1S/C11H19NO4/c1-5-6-7-8(9(13)14)12-10(15)16-11(2,3)4/h5-6,8H,7H2,1-4H3,(H,12,15)(H,13,14)/t8-/m1/s1. The molecule has 16 heavy (non-hydrogen) atoms. The van der Waals surface area contributed by atoms with E-state index >= 15 is 0 Å². The van der Waals surface area contributed by atoms with Crippen LogP contribution in [0.3, 0.4) is 0 Å². The average molecular weight is 229 g/mol. The molecule has 0 aromatic heterocycles. The van der Waals surface area contributed by atoms with E-state index < -0.39 is 23.7 Å². The van der Waals surface area contributed by atoms with Crippen molar-refractivity contribution in [2.75, 3.05) is 0 Å². The van der Waals surface area contributed by atoms with E-state index in [4.69, 9.17) is 9.84 Å². The molecule has 2 N–H and O–H groups in total. The Bertz CT molecular complexity index is 278. The Kier molecular flexibility index (Phi) is 5.56. The fourth-order valence-corrected chi connectivity index (χ4v) is 0.943. The third-order valence-corrected chi connectivity index (χ3v) is 1.60. The van der Waals surface area contributed by atoms with Gasteiger partial charge >= 0.3 is 12.1 Å². The minimum atomic E-state index is -1.08. The van der Waals surface area contributed by atoms with E-state index in [0.717, 1.165) is 0 Å². The van der Waals surface area contributed by atoms with Gasteiger partial charge in [-0.15, -0.1) is 0 Å². The molecule has 0 aromatic carbocycles. The zero-order valence-electron chi connectivity index (χ0n) is 10.1. The first-order chi connectivity index (χ1) is 7.26. The summed E-state index contributed by atoms with van der Waals surface area (Å²) in [5.74, 6) is -1.08. The molecule has 92 valence electrons. The predicted molar refractivity (Wildman–Crippen MR) is 60.2 cm³/mol. The van der Waals surface area contributed by atoms with Gasteiger partial charge in [-0.3, -0.25) is 0 Å². The van der Waals surface area contributed by atoms with Crippen LogP contribution in [-0.4, -0.2) is 28.8 Å². The van der Waals surface area contributed by atoms with Gasteiger partial charge in [-0.05, 0) is 34.1 Å². The number of alkyl carbamates (subject to hydrolysis) is 1. The number of carbonyl (C=O) groups is 2. The fraction of sp³-hybridized carbons (Fsp3) is 0.636. The van der Waals surface area contributed by atoms with Crippen LogP contribution in [0.25, 0.3) is 0 Å². The highest BCUT2D eigenvalue weighted by Gasteiger charge is 2.22. The average Bonchev–Trinajstić information content (AvgIpc) is 2.08. The monoisotopic (exact) mass is 229 g/mol. The molecular formula is C11H19NO4. The summed E-state index contributed by atoms with van der Waals surface area (Å²) in [5, 5.41) is 11.1. The molecule has 0 radical (unpaired) electrons. The Morgan fingerprint density at radius 3 is 2.38 bits per heavy atom. The van der Waals surface area contributed by atoms with Crippen molar-refractivity contribution in [3.8, 4) is 0 Å². The number of aliphatic carboxylic acids is 1. The number of carbonyl (C=O) groups excluding carboxylic acids is 1. The summed E-state index contributed by atoms with van der Waals surface area (Å²) in [6.45, 7) is 6.93. The third-order valence-electron chi connectivity index (χ3n) is 1.60. The second-order valence-electron chi connectivity index (χ2n) is 4.34. The number of carboxylic acids is 1. The fourth-order valence-electron chi connectivity index (χ4n) is 0.943. The van der Waals surface area contributed by atoms with Crippen molar-refractivity contribution in [3.05, 3.63) is 12.2 Å². The van der Waals surface area contributed by atoms with Gasteiger partial charge in [-0.2, -0.15) is 0 Å². The van der Waals surface area contributed by atoms with E-state index in [1.165, 1.54) is 0 Å². The number of amides is 1. The van der Waals surface area contributed by atoms with Crippen molar-refractivity contribution in [1.82, 2.24) is 5.32 Å². The SMILES string of the molecule is CC=CC[C@@H](NC(=O)OC(C)(C)C)C(=O)O. The molecule has 0 aliphatic rings. The largest absolute Gasteiger partial charge is 0.480 e. The summed E-state index contributed by atoms with van der Waals surface area (Å²) >= 11 is 0. The molecule has 5 heteroatoms. The molecule has 0 saturated heterocycles. The first kappa shape index (κ1) is 14.5. The van der Waals surface area contributed by atoms with Gasteiger partial charge in [0, 0.05) is 0 Å². The molecule has 0 aromatic rings. The smallest absolute Gasteiger partial charge is 0.408 e. The lowest BCUT2D eigenvalue weighted by Crippen LogP contribution is -2.43. The van der Waals surface area contributed by atoms with E-state index in [1.807, 2.05) is 0 Å². The van der Waals surface area contributed by atoms with Crippen molar-refractivity contribution >= 4 is 12.1 Å². The van der Waals surface area contributed by atoms with E-state index in [9.17, 15) is 9.59 Å². The minimum absolute atomic E-state index is 0.241. The highest BCUT2D eigenvalue weighted by atomic mass is 16.6. The van der Waals surface area contributed by atoms with Gasteiger partial charge in [0.05, 0.1) is 0 Å². The summed E-state index contributed by atoms with van der Waals surface area (Å²) in [6, 6.07) is -0.953. The maximum atomic E-state index is 11.3. The molecule has 0 unspecified atom stereocenters. The van der Waals surface area contributed by atoms with Gasteiger partial charge in [0.25, 0.3) is 0 Å². The second kappa shape index (κ2) is 6.15. The van der Waals surface area contributed by atoms with Crippen LogP contribution in [0.15, 0.2) is 12.2 Å². The van der Waals surface area contributed by atoms with Crippen LogP contribution in [-0.2, 0) is 9.53 Å². The molecular weight excluding hydrogens is 210 g/mol. The van der Waals surface area contributed by atoms with Gasteiger partial charge in [-0.25, -0.2) is 9.59 Å². The highest BCUT2D eigenvalue weighted by molar-refractivity contribution is 5.80. The van der Waals surface area contributed by atoms with Crippen molar-refractivity contribution in [2.45, 2.75) is 45.8 Å². The first-order valence-corrected chi connectivity index (χ1v) is 5.09. The maximum Gasteiger partial charge on any atom is 0.408 e. The Morgan fingerprint density at radius 2 is 2.00 bits per heavy atom. The van der Waals surface area contributed by atoms with Crippen LogP contribution in [0.4, 0.5) is 4.79 Å². The maximum absolute atomic E-state index is 11.3. The zero-order valence-corrected chi connectivity index (χ0v) is 10.1. The number of nitrogens with one attached hydrogen (secondary N) is 1. The molecule has 0 heterocycles. The highest BCUT2D eigenvalue weighted by Crippen LogP contribution is 2.07. The molecule has 0 saturated carbocycles. The molecule has 0 spiro atoms. The normalized spacial score (nSPS) is 13.5. The summed E-state index contributed by atoms with van der Waals surface area (Å²) in [7, 11) is 0. The number of hydrogen-bond acceptors (Lipinski definition) is 3.